The van der Waals surface area contributed by atoms with Crippen LogP contribution in [0.2, 0.25) is 0 Å². The highest BCUT2D eigenvalue weighted by molar-refractivity contribution is 5.12. The normalized spacial score (nSPS) is 17.1. The molecule has 1 fully saturated rings. The lowest BCUT2D eigenvalue weighted by Gasteiger charge is -2.11. The lowest BCUT2D eigenvalue weighted by Crippen LogP contribution is -2.19. The number of furan rings is 1. The summed E-state index contributed by atoms with van der Waals surface area (Å²) >= 11 is 0. The highest BCUT2D eigenvalue weighted by Gasteiger charge is 2.13. The molecule has 1 aromatic heterocycles. The number of nitrogens with zero attached hydrogens (tertiary/aromatic N) is 1. The van der Waals surface area contributed by atoms with E-state index in [1.807, 2.05) is 6.26 Å². The minimum atomic E-state index is 0.700. The third-order valence-corrected chi connectivity index (χ3v) is 3.17. The monoisotopic (exact) mass is 236 g/mol. The van der Waals surface area contributed by atoms with Gasteiger partial charge in [-0.05, 0) is 44.5 Å². The van der Waals surface area contributed by atoms with Crippen molar-refractivity contribution < 1.29 is 4.42 Å². The van der Waals surface area contributed by atoms with Crippen LogP contribution in [0.4, 0.5) is 0 Å². The van der Waals surface area contributed by atoms with Crippen LogP contribution >= 0.6 is 0 Å². The number of hydrogen-bond donors (Lipinski definition) is 1. The maximum Gasteiger partial charge on any atom is 0.118 e. The quantitative estimate of drug-likeness (QED) is 0.823. The molecule has 0 atom stereocenters. The molecular weight excluding hydrogens is 212 g/mol. The molecule has 2 rings (SSSR count). The van der Waals surface area contributed by atoms with Gasteiger partial charge >= 0.3 is 0 Å². The van der Waals surface area contributed by atoms with E-state index in [1.165, 1.54) is 31.5 Å². The van der Waals surface area contributed by atoms with Crippen LogP contribution in [0.15, 0.2) is 16.7 Å². The van der Waals surface area contributed by atoms with Gasteiger partial charge in [0.05, 0.1) is 12.8 Å². The number of likely N-dealkylation sites (tertiary alicyclic amines) is 1. The minimum Gasteiger partial charge on any atom is -0.468 e. The number of nitrogens with one attached hydrogen (secondary N) is 1. The molecule has 0 radical (unpaired) electrons. The van der Waals surface area contributed by atoms with E-state index in [9.17, 15) is 0 Å². The smallest absolute Gasteiger partial charge is 0.118 e. The summed E-state index contributed by atoms with van der Waals surface area (Å²) in [4.78, 5) is 2.46. The lowest BCUT2D eigenvalue weighted by atomic mass is 10.2. The van der Waals surface area contributed by atoms with E-state index in [-0.39, 0.29) is 0 Å². The first kappa shape index (κ1) is 12.7. The van der Waals surface area contributed by atoms with Crippen LogP contribution in [-0.4, -0.2) is 24.5 Å². The maximum atomic E-state index is 5.60. The van der Waals surface area contributed by atoms with Crippen LogP contribution in [-0.2, 0) is 13.1 Å². The molecular formula is C14H24N2O. The molecule has 0 amide bonds. The van der Waals surface area contributed by atoms with Crippen LogP contribution in [0.5, 0.6) is 0 Å². The van der Waals surface area contributed by atoms with E-state index in [0.29, 0.717) is 5.92 Å². The van der Waals surface area contributed by atoms with Crippen molar-refractivity contribution in [3.8, 4) is 0 Å². The first-order chi connectivity index (χ1) is 8.24. The molecule has 3 nitrogen and oxygen atoms in total. The summed E-state index contributed by atoms with van der Waals surface area (Å²) in [6.07, 6.45) is 4.56. The fourth-order valence-corrected chi connectivity index (χ4v) is 2.27. The minimum absolute atomic E-state index is 0.700. The SMILES string of the molecule is CC(C)CNCc1coc(CN2CCCC2)c1. The molecule has 1 aromatic rings. The molecule has 3 heteroatoms. The molecule has 1 aliphatic heterocycles. The first-order valence-corrected chi connectivity index (χ1v) is 6.73. The van der Waals surface area contributed by atoms with Gasteiger partial charge in [0, 0.05) is 12.1 Å². The molecule has 1 aliphatic rings. The van der Waals surface area contributed by atoms with Crippen LogP contribution in [0.1, 0.15) is 38.0 Å². The zero-order valence-corrected chi connectivity index (χ0v) is 11.0. The second-order valence-electron chi connectivity index (χ2n) is 5.43. The second-order valence-corrected chi connectivity index (χ2v) is 5.43. The van der Waals surface area contributed by atoms with Crippen LogP contribution in [0.3, 0.4) is 0 Å². The Kier molecular flexibility index (Phi) is 4.63. The first-order valence-electron chi connectivity index (χ1n) is 6.73. The van der Waals surface area contributed by atoms with Crippen molar-refractivity contribution in [2.45, 2.75) is 39.8 Å². The van der Waals surface area contributed by atoms with Gasteiger partial charge in [-0.2, -0.15) is 0 Å². The molecule has 0 saturated carbocycles. The van der Waals surface area contributed by atoms with Crippen LogP contribution in [0, 0.1) is 5.92 Å². The fourth-order valence-electron chi connectivity index (χ4n) is 2.27. The molecule has 96 valence electrons. The Morgan fingerprint density at radius 3 is 2.82 bits per heavy atom. The van der Waals surface area contributed by atoms with Gasteiger partial charge in [0.25, 0.3) is 0 Å². The van der Waals surface area contributed by atoms with Gasteiger partial charge < -0.3 is 9.73 Å². The average Bonchev–Trinajstić information content (AvgIpc) is 2.90. The van der Waals surface area contributed by atoms with Crippen LogP contribution in [0.25, 0.3) is 0 Å². The van der Waals surface area contributed by atoms with E-state index in [2.05, 4.69) is 30.1 Å². The molecule has 0 unspecified atom stereocenters. The Balaban J connectivity index is 1.75. The number of rotatable bonds is 6. The Morgan fingerprint density at radius 1 is 1.35 bits per heavy atom. The van der Waals surface area contributed by atoms with Gasteiger partial charge in [-0.3, -0.25) is 4.90 Å². The van der Waals surface area contributed by atoms with Crippen LogP contribution < -0.4 is 5.32 Å². The van der Waals surface area contributed by atoms with Gasteiger partial charge in [0.2, 0.25) is 0 Å². The van der Waals surface area contributed by atoms with E-state index in [0.717, 1.165) is 25.4 Å². The van der Waals surface area contributed by atoms with Gasteiger partial charge in [-0.15, -0.1) is 0 Å². The topological polar surface area (TPSA) is 28.4 Å². The fraction of sp³-hybridized carbons (Fsp3) is 0.714. The summed E-state index contributed by atoms with van der Waals surface area (Å²) in [6.45, 7) is 9.85. The number of hydrogen-bond acceptors (Lipinski definition) is 3. The molecule has 0 bridgehead atoms. The summed E-state index contributed by atoms with van der Waals surface area (Å²) in [6, 6.07) is 2.19. The summed E-state index contributed by atoms with van der Waals surface area (Å²) in [7, 11) is 0. The molecule has 1 N–H and O–H groups in total. The van der Waals surface area contributed by atoms with Gasteiger partial charge in [0.15, 0.2) is 0 Å². The van der Waals surface area contributed by atoms with E-state index in [4.69, 9.17) is 4.42 Å². The molecule has 2 heterocycles. The third-order valence-electron chi connectivity index (χ3n) is 3.17. The van der Waals surface area contributed by atoms with E-state index in [1.54, 1.807) is 0 Å². The summed E-state index contributed by atoms with van der Waals surface area (Å²) < 4.78 is 5.60. The summed E-state index contributed by atoms with van der Waals surface area (Å²) in [5.74, 6) is 1.80. The van der Waals surface area contributed by atoms with Crippen molar-refractivity contribution in [2.75, 3.05) is 19.6 Å². The Labute approximate surface area is 104 Å². The van der Waals surface area contributed by atoms with Gasteiger partial charge in [-0.1, -0.05) is 13.8 Å². The van der Waals surface area contributed by atoms with Crippen molar-refractivity contribution in [3.05, 3.63) is 23.7 Å². The highest BCUT2D eigenvalue weighted by Crippen LogP contribution is 2.15. The van der Waals surface area contributed by atoms with Crippen molar-refractivity contribution in [2.24, 2.45) is 5.92 Å². The maximum absolute atomic E-state index is 5.60. The summed E-state index contributed by atoms with van der Waals surface area (Å²) in [5.41, 5.74) is 1.26. The standard InChI is InChI=1S/C14H24N2O/c1-12(2)8-15-9-13-7-14(17-11-13)10-16-5-3-4-6-16/h7,11-12,15H,3-6,8-10H2,1-2H3. The second kappa shape index (κ2) is 6.22. The third kappa shape index (κ3) is 4.17. The average molecular weight is 236 g/mol. The molecule has 0 aromatic carbocycles. The van der Waals surface area contributed by atoms with Crippen molar-refractivity contribution in [1.29, 1.82) is 0 Å². The molecule has 1 saturated heterocycles. The molecule has 0 aliphatic carbocycles. The highest BCUT2D eigenvalue weighted by atomic mass is 16.3. The van der Waals surface area contributed by atoms with Crippen molar-refractivity contribution in [1.82, 2.24) is 10.2 Å². The molecule has 17 heavy (non-hydrogen) atoms. The zero-order valence-electron chi connectivity index (χ0n) is 11.0. The van der Waals surface area contributed by atoms with Crippen molar-refractivity contribution in [3.63, 3.8) is 0 Å². The Bertz CT molecular complexity index is 327. The van der Waals surface area contributed by atoms with E-state index >= 15 is 0 Å². The Morgan fingerprint density at radius 2 is 2.12 bits per heavy atom. The van der Waals surface area contributed by atoms with Crippen molar-refractivity contribution >= 4 is 0 Å². The van der Waals surface area contributed by atoms with Gasteiger partial charge in [-0.25, -0.2) is 0 Å². The predicted octanol–water partition coefficient (Wildman–Crippen LogP) is 2.62. The predicted molar refractivity (Wildman–Crippen MR) is 69.8 cm³/mol. The Hall–Kier alpha value is -0.800. The summed E-state index contributed by atoms with van der Waals surface area (Å²) in [5, 5.41) is 3.43. The molecule has 0 spiro atoms. The largest absolute Gasteiger partial charge is 0.468 e. The van der Waals surface area contributed by atoms with Gasteiger partial charge in [0.1, 0.15) is 5.76 Å². The lowest BCUT2D eigenvalue weighted by molar-refractivity contribution is 0.297. The van der Waals surface area contributed by atoms with E-state index < -0.39 is 0 Å². The zero-order chi connectivity index (χ0) is 12.1.